The van der Waals surface area contributed by atoms with Gasteiger partial charge in [0.1, 0.15) is 5.82 Å². The van der Waals surface area contributed by atoms with Crippen LogP contribution in [0.15, 0.2) is 24.3 Å². The van der Waals surface area contributed by atoms with Crippen molar-refractivity contribution in [3.8, 4) is 11.4 Å². The van der Waals surface area contributed by atoms with Crippen LogP contribution in [0.1, 0.15) is 11.4 Å². The minimum absolute atomic E-state index is 0.383. The van der Waals surface area contributed by atoms with Crippen LogP contribution in [0.2, 0.25) is 0 Å². The molecule has 4 nitrogen and oxygen atoms in total. The SMILES string of the molecule is CNCc1nc(-c2ccc(C(F)(F)F)cc2)n[nH]1. The fourth-order valence-electron chi connectivity index (χ4n) is 1.48. The summed E-state index contributed by atoms with van der Waals surface area (Å²) in [7, 11) is 1.76. The van der Waals surface area contributed by atoms with E-state index in [9.17, 15) is 13.2 Å². The number of H-pyrrole nitrogens is 1. The Labute approximate surface area is 101 Å². The number of aromatic amines is 1. The van der Waals surface area contributed by atoms with Crippen molar-refractivity contribution in [2.24, 2.45) is 0 Å². The second-order valence-electron chi connectivity index (χ2n) is 3.71. The van der Waals surface area contributed by atoms with Crippen LogP contribution in [0.3, 0.4) is 0 Å². The van der Waals surface area contributed by atoms with Gasteiger partial charge in [-0.2, -0.15) is 18.3 Å². The van der Waals surface area contributed by atoms with E-state index in [0.717, 1.165) is 12.1 Å². The summed E-state index contributed by atoms with van der Waals surface area (Å²) in [6, 6.07) is 4.75. The van der Waals surface area contributed by atoms with Crippen LogP contribution in [0, 0.1) is 0 Å². The fraction of sp³-hybridized carbons (Fsp3) is 0.273. The van der Waals surface area contributed by atoms with Gasteiger partial charge in [0.05, 0.1) is 12.1 Å². The van der Waals surface area contributed by atoms with Crippen LogP contribution >= 0.6 is 0 Å². The van der Waals surface area contributed by atoms with E-state index in [1.54, 1.807) is 7.05 Å². The lowest BCUT2D eigenvalue weighted by Crippen LogP contribution is -2.06. The number of halogens is 3. The molecule has 2 aromatic rings. The van der Waals surface area contributed by atoms with Gasteiger partial charge in [-0.3, -0.25) is 5.10 Å². The second-order valence-corrected chi connectivity index (χ2v) is 3.71. The van der Waals surface area contributed by atoms with Crippen molar-refractivity contribution >= 4 is 0 Å². The molecule has 0 aliphatic heterocycles. The molecular formula is C11H11F3N4. The number of nitrogens with zero attached hydrogens (tertiary/aromatic N) is 2. The molecule has 0 aliphatic rings. The van der Waals surface area contributed by atoms with Gasteiger partial charge >= 0.3 is 6.18 Å². The molecule has 0 saturated carbocycles. The highest BCUT2D eigenvalue weighted by molar-refractivity contribution is 5.55. The maximum absolute atomic E-state index is 12.4. The Morgan fingerprint density at radius 1 is 1.22 bits per heavy atom. The van der Waals surface area contributed by atoms with Gasteiger partial charge in [0.15, 0.2) is 5.82 Å². The van der Waals surface area contributed by atoms with Crippen molar-refractivity contribution in [3.63, 3.8) is 0 Å². The topological polar surface area (TPSA) is 53.6 Å². The van der Waals surface area contributed by atoms with Gasteiger partial charge in [-0.05, 0) is 19.2 Å². The van der Waals surface area contributed by atoms with E-state index in [0.29, 0.717) is 23.8 Å². The lowest BCUT2D eigenvalue weighted by Gasteiger charge is -2.05. The van der Waals surface area contributed by atoms with Gasteiger partial charge in [-0.1, -0.05) is 12.1 Å². The summed E-state index contributed by atoms with van der Waals surface area (Å²) >= 11 is 0. The summed E-state index contributed by atoms with van der Waals surface area (Å²) in [5.41, 5.74) is -0.140. The molecule has 0 atom stereocenters. The van der Waals surface area contributed by atoms with Gasteiger partial charge in [0, 0.05) is 5.56 Å². The monoisotopic (exact) mass is 256 g/mol. The largest absolute Gasteiger partial charge is 0.416 e. The third-order valence-electron chi connectivity index (χ3n) is 2.35. The van der Waals surface area contributed by atoms with Crippen molar-refractivity contribution < 1.29 is 13.2 Å². The Morgan fingerprint density at radius 3 is 2.44 bits per heavy atom. The summed E-state index contributed by atoms with van der Waals surface area (Å²) in [4.78, 5) is 4.15. The zero-order valence-corrected chi connectivity index (χ0v) is 9.54. The maximum Gasteiger partial charge on any atom is 0.416 e. The predicted octanol–water partition coefficient (Wildman–Crippen LogP) is 2.21. The summed E-state index contributed by atoms with van der Waals surface area (Å²) < 4.78 is 37.1. The molecule has 0 saturated heterocycles. The average molecular weight is 256 g/mol. The standard InChI is InChI=1S/C11H11F3N4/c1-15-6-9-16-10(18-17-9)7-2-4-8(5-3-7)11(12,13)14/h2-5,15H,6H2,1H3,(H,16,17,18). The van der Waals surface area contributed by atoms with Crippen LogP contribution in [0.4, 0.5) is 13.2 Å². The first kappa shape index (κ1) is 12.6. The van der Waals surface area contributed by atoms with E-state index in [4.69, 9.17) is 0 Å². The molecule has 0 bridgehead atoms. The van der Waals surface area contributed by atoms with Gasteiger partial charge in [-0.15, -0.1) is 0 Å². The third-order valence-corrected chi connectivity index (χ3v) is 2.35. The highest BCUT2D eigenvalue weighted by Gasteiger charge is 2.30. The fourth-order valence-corrected chi connectivity index (χ4v) is 1.48. The van der Waals surface area contributed by atoms with Crippen LogP contribution in [0.25, 0.3) is 11.4 Å². The average Bonchev–Trinajstić information content (AvgIpc) is 2.77. The quantitative estimate of drug-likeness (QED) is 0.885. The Kier molecular flexibility index (Phi) is 3.33. The van der Waals surface area contributed by atoms with Crippen molar-refractivity contribution in [1.29, 1.82) is 0 Å². The summed E-state index contributed by atoms with van der Waals surface area (Å²) in [6.07, 6.45) is -4.32. The van der Waals surface area contributed by atoms with E-state index in [2.05, 4.69) is 20.5 Å². The van der Waals surface area contributed by atoms with Gasteiger partial charge < -0.3 is 5.32 Å². The molecule has 18 heavy (non-hydrogen) atoms. The van der Waals surface area contributed by atoms with Crippen molar-refractivity contribution in [2.45, 2.75) is 12.7 Å². The minimum atomic E-state index is -4.32. The van der Waals surface area contributed by atoms with Crippen molar-refractivity contribution in [1.82, 2.24) is 20.5 Å². The molecule has 2 N–H and O–H groups in total. The molecule has 0 spiro atoms. The number of benzene rings is 1. The Morgan fingerprint density at radius 2 is 1.89 bits per heavy atom. The zero-order chi connectivity index (χ0) is 13.2. The van der Waals surface area contributed by atoms with Crippen LogP contribution in [-0.2, 0) is 12.7 Å². The number of rotatable bonds is 3. The number of hydrogen-bond acceptors (Lipinski definition) is 3. The zero-order valence-electron chi connectivity index (χ0n) is 9.54. The van der Waals surface area contributed by atoms with Gasteiger partial charge in [-0.25, -0.2) is 4.98 Å². The molecule has 0 aliphatic carbocycles. The van der Waals surface area contributed by atoms with E-state index in [1.165, 1.54) is 12.1 Å². The molecule has 2 rings (SSSR count). The Balaban J connectivity index is 2.23. The molecule has 1 aromatic carbocycles. The molecular weight excluding hydrogens is 245 g/mol. The first-order valence-corrected chi connectivity index (χ1v) is 5.24. The third kappa shape index (κ3) is 2.67. The normalized spacial score (nSPS) is 11.8. The number of alkyl halides is 3. The number of hydrogen-bond donors (Lipinski definition) is 2. The predicted molar refractivity (Wildman–Crippen MR) is 59.6 cm³/mol. The van der Waals surface area contributed by atoms with Crippen LogP contribution < -0.4 is 5.32 Å². The molecule has 96 valence electrons. The lowest BCUT2D eigenvalue weighted by molar-refractivity contribution is -0.137. The molecule has 1 heterocycles. The second kappa shape index (κ2) is 4.77. The smallest absolute Gasteiger partial charge is 0.313 e. The first-order valence-electron chi connectivity index (χ1n) is 5.24. The van der Waals surface area contributed by atoms with E-state index < -0.39 is 11.7 Å². The Bertz CT molecular complexity index is 516. The van der Waals surface area contributed by atoms with Gasteiger partial charge in [0.25, 0.3) is 0 Å². The van der Waals surface area contributed by atoms with E-state index >= 15 is 0 Å². The van der Waals surface area contributed by atoms with Gasteiger partial charge in [0.2, 0.25) is 0 Å². The summed E-state index contributed by atoms with van der Waals surface area (Å²) in [6.45, 7) is 0.521. The summed E-state index contributed by atoms with van der Waals surface area (Å²) in [5, 5.41) is 9.54. The molecule has 0 fully saturated rings. The minimum Gasteiger partial charge on any atom is -0.313 e. The van der Waals surface area contributed by atoms with Crippen LogP contribution in [-0.4, -0.2) is 22.2 Å². The molecule has 1 aromatic heterocycles. The lowest BCUT2D eigenvalue weighted by atomic mass is 10.1. The highest BCUT2D eigenvalue weighted by Crippen LogP contribution is 2.30. The van der Waals surface area contributed by atoms with E-state index in [1.807, 2.05) is 0 Å². The van der Waals surface area contributed by atoms with E-state index in [-0.39, 0.29) is 0 Å². The Hall–Kier alpha value is -1.89. The first-order chi connectivity index (χ1) is 8.50. The molecule has 0 amide bonds. The van der Waals surface area contributed by atoms with Crippen molar-refractivity contribution in [2.75, 3.05) is 7.05 Å². The van der Waals surface area contributed by atoms with Crippen molar-refractivity contribution in [3.05, 3.63) is 35.7 Å². The summed E-state index contributed by atoms with van der Waals surface area (Å²) in [5.74, 6) is 1.02. The molecule has 7 heteroatoms. The maximum atomic E-state index is 12.4. The number of nitrogens with one attached hydrogen (secondary N) is 2. The molecule has 0 unspecified atom stereocenters. The molecule has 0 radical (unpaired) electrons. The highest BCUT2D eigenvalue weighted by atomic mass is 19.4. The van der Waals surface area contributed by atoms with Crippen LogP contribution in [0.5, 0.6) is 0 Å². The number of aromatic nitrogens is 3.